The van der Waals surface area contributed by atoms with Crippen molar-refractivity contribution in [2.45, 2.75) is 13.8 Å². The van der Waals surface area contributed by atoms with Crippen LogP contribution in [0.2, 0.25) is 0 Å². The van der Waals surface area contributed by atoms with Crippen molar-refractivity contribution in [2.75, 3.05) is 18.5 Å². The number of benzene rings is 2. The lowest BCUT2D eigenvalue weighted by Gasteiger charge is -2.03. The Morgan fingerprint density at radius 1 is 1.00 bits per heavy atom. The molecule has 7 heteroatoms. The van der Waals surface area contributed by atoms with E-state index in [2.05, 4.69) is 15.5 Å². The number of nitro benzene ring substituents is 1. The summed E-state index contributed by atoms with van der Waals surface area (Å²) in [6, 6.07) is 13.1. The SMILES string of the molecule is CC.O=[N+]([O-])c1ccc(N=Nc2ccc(NCCO)cc2)cc1. The highest BCUT2D eigenvalue weighted by Crippen LogP contribution is 2.22. The summed E-state index contributed by atoms with van der Waals surface area (Å²) in [6.45, 7) is 4.56. The Balaban J connectivity index is 0.00000127. The molecule has 0 fully saturated rings. The molecule has 0 radical (unpaired) electrons. The highest BCUT2D eigenvalue weighted by atomic mass is 16.6. The number of hydrogen-bond acceptors (Lipinski definition) is 6. The first-order valence-corrected chi connectivity index (χ1v) is 7.30. The lowest BCUT2D eigenvalue weighted by molar-refractivity contribution is -0.384. The molecule has 0 amide bonds. The number of azo groups is 1. The molecular formula is C16H20N4O3. The molecule has 7 nitrogen and oxygen atoms in total. The van der Waals surface area contributed by atoms with Crippen molar-refractivity contribution < 1.29 is 10.0 Å². The Morgan fingerprint density at radius 3 is 1.91 bits per heavy atom. The number of rotatable bonds is 6. The number of nitro groups is 1. The highest BCUT2D eigenvalue weighted by molar-refractivity contribution is 5.51. The van der Waals surface area contributed by atoms with E-state index in [0.717, 1.165) is 5.69 Å². The van der Waals surface area contributed by atoms with Crippen LogP contribution >= 0.6 is 0 Å². The molecule has 0 unspecified atom stereocenters. The summed E-state index contributed by atoms with van der Waals surface area (Å²) in [7, 11) is 0. The summed E-state index contributed by atoms with van der Waals surface area (Å²) in [6.07, 6.45) is 0. The van der Waals surface area contributed by atoms with E-state index in [-0.39, 0.29) is 12.3 Å². The second-order valence-electron chi connectivity index (χ2n) is 4.17. The van der Waals surface area contributed by atoms with Crippen molar-refractivity contribution in [3.8, 4) is 0 Å². The first-order valence-electron chi connectivity index (χ1n) is 7.30. The Hall–Kier alpha value is -2.80. The molecule has 2 aromatic rings. The number of aliphatic hydroxyl groups is 1. The van der Waals surface area contributed by atoms with Gasteiger partial charge in [-0.25, -0.2) is 0 Å². The highest BCUT2D eigenvalue weighted by Gasteiger charge is 2.03. The fourth-order valence-corrected chi connectivity index (χ4v) is 1.60. The maximum Gasteiger partial charge on any atom is 0.269 e. The molecular weight excluding hydrogens is 296 g/mol. The molecule has 0 aliphatic carbocycles. The number of anilines is 1. The van der Waals surface area contributed by atoms with Gasteiger partial charge >= 0.3 is 0 Å². The van der Waals surface area contributed by atoms with Crippen molar-refractivity contribution in [2.24, 2.45) is 10.2 Å². The van der Waals surface area contributed by atoms with Crippen molar-refractivity contribution in [1.82, 2.24) is 0 Å². The van der Waals surface area contributed by atoms with Crippen LogP contribution in [0.3, 0.4) is 0 Å². The largest absolute Gasteiger partial charge is 0.395 e. The number of nitrogens with one attached hydrogen (secondary N) is 1. The van der Waals surface area contributed by atoms with Crippen LogP contribution in [-0.4, -0.2) is 23.2 Å². The van der Waals surface area contributed by atoms with Crippen LogP contribution in [0.4, 0.5) is 22.7 Å². The monoisotopic (exact) mass is 316 g/mol. The first kappa shape index (κ1) is 18.2. The quantitative estimate of drug-likeness (QED) is 0.467. The van der Waals surface area contributed by atoms with Crippen LogP contribution in [0.5, 0.6) is 0 Å². The number of nitrogens with zero attached hydrogens (tertiary/aromatic N) is 3. The summed E-state index contributed by atoms with van der Waals surface area (Å²) >= 11 is 0. The minimum Gasteiger partial charge on any atom is -0.395 e. The Morgan fingerprint density at radius 2 is 1.48 bits per heavy atom. The smallest absolute Gasteiger partial charge is 0.269 e. The Kier molecular flexibility index (Phi) is 7.95. The zero-order valence-corrected chi connectivity index (χ0v) is 13.1. The molecule has 0 aromatic heterocycles. The summed E-state index contributed by atoms with van der Waals surface area (Å²) in [5.41, 5.74) is 2.12. The zero-order valence-electron chi connectivity index (χ0n) is 13.1. The lowest BCUT2D eigenvalue weighted by Crippen LogP contribution is -2.04. The predicted octanol–water partition coefficient (Wildman–Crippen LogP) is 4.44. The average Bonchev–Trinajstić information content (AvgIpc) is 2.61. The van der Waals surface area contributed by atoms with Crippen LogP contribution in [-0.2, 0) is 0 Å². The van der Waals surface area contributed by atoms with Gasteiger partial charge in [0.1, 0.15) is 0 Å². The van der Waals surface area contributed by atoms with Gasteiger partial charge in [-0.3, -0.25) is 10.1 Å². The third kappa shape index (κ3) is 6.23. The summed E-state index contributed by atoms with van der Waals surface area (Å²) in [5, 5.41) is 30.3. The lowest BCUT2D eigenvalue weighted by atomic mass is 10.3. The fourth-order valence-electron chi connectivity index (χ4n) is 1.60. The number of hydrogen-bond donors (Lipinski definition) is 2. The standard InChI is InChI=1S/C14H14N4O3.C2H6/c19-10-9-15-11-1-3-12(4-2-11)16-17-13-5-7-14(8-6-13)18(20)21;1-2/h1-8,15,19H,9-10H2;1-2H3. The Labute approximate surface area is 134 Å². The second kappa shape index (κ2) is 10.0. The molecule has 2 aromatic carbocycles. The molecule has 0 spiro atoms. The van der Waals surface area contributed by atoms with Crippen molar-refractivity contribution in [3.05, 3.63) is 58.6 Å². The molecule has 2 N–H and O–H groups in total. The van der Waals surface area contributed by atoms with E-state index in [0.29, 0.717) is 17.9 Å². The zero-order chi connectivity index (χ0) is 17.1. The maximum atomic E-state index is 10.5. The summed E-state index contributed by atoms with van der Waals surface area (Å²) < 4.78 is 0. The third-order valence-corrected chi connectivity index (χ3v) is 2.65. The van der Waals surface area contributed by atoms with Crippen LogP contribution in [0.1, 0.15) is 13.8 Å². The Bertz CT molecular complexity index is 625. The predicted molar refractivity (Wildman–Crippen MR) is 90.6 cm³/mol. The van der Waals surface area contributed by atoms with Crippen LogP contribution in [0, 0.1) is 10.1 Å². The van der Waals surface area contributed by atoms with Gasteiger partial charge in [0.15, 0.2) is 0 Å². The molecule has 0 aliphatic rings. The van der Waals surface area contributed by atoms with E-state index in [4.69, 9.17) is 5.11 Å². The molecule has 122 valence electrons. The number of aliphatic hydroxyl groups excluding tert-OH is 1. The minimum absolute atomic E-state index is 0.0215. The van der Waals surface area contributed by atoms with Crippen LogP contribution < -0.4 is 5.32 Å². The molecule has 0 heterocycles. The van der Waals surface area contributed by atoms with E-state index in [1.54, 1.807) is 24.3 Å². The average molecular weight is 316 g/mol. The topological polar surface area (TPSA) is 100 Å². The molecule has 0 aliphatic heterocycles. The van der Waals surface area contributed by atoms with Gasteiger partial charge in [-0.2, -0.15) is 10.2 Å². The molecule has 0 bridgehead atoms. The van der Waals surface area contributed by atoms with E-state index in [9.17, 15) is 10.1 Å². The molecule has 23 heavy (non-hydrogen) atoms. The number of non-ortho nitro benzene ring substituents is 1. The first-order chi connectivity index (χ1) is 11.2. The van der Waals surface area contributed by atoms with E-state index >= 15 is 0 Å². The third-order valence-electron chi connectivity index (χ3n) is 2.65. The second-order valence-corrected chi connectivity index (χ2v) is 4.17. The van der Waals surface area contributed by atoms with Crippen molar-refractivity contribution >= 4 is 22.7 Å². The van der Waals surface area contributed by atoms with Crippen LogP contribution in [0.15, 0.2) is 58.8 Å². The van der Waals surface area contributed by atoms with Crippen molar-refractivity contribution in [3.63, 3.8) is 0 Å². The van der Waals surface area contributed by atoms with Gasteiger partial charge < -0.3 is 10.4 Å². The van der Waals surface area contributed by atoms with Gasteiger partial charge in [-0.15, -0.1) is 0 Å². The van der Waals surface area contributed by atoms with Crippen molar-refractivity contribution in [1.29, 1.82) is 0 Å². The van der Waals surface area contributed by atoms with Gasteiger partial charge in [0.2, 0.25) is 0 Å². The summed E-state index contributed by atoms with van der Waals surface area (Å²) in [4.78, 5) is 10.1. The molecule has 0 saturated heterocycles. The van der Waals surface area contributed by atoms with Gasteiger partial charge in [0.25, 0.3) is 5.69 Å². The molecule has 2 rings (SSSR count). The molecule has 0 saturated carbocycles. The molecule has 0 atom stereocenters. The van der Waals surface area contributed by atoms with Gasteiger partial charge in [-0.05, 0) is 36.4 Å². The van der Waals surface area contributed by atoms with Gasteiger partial charge in [0.05, 0.1) is 22.9 Å². The van der Waals surface area contributed by atoms with Gasteiger partial charge in [0, 0.05) is 24.4 Å². The fraction of sp³-hybridized carbons (Fsp3) is 0.250. The van der Waals surface area contributed by atoms with Crippen LogP contribution in [0.25, 0.3) is 0 Å². The van der Waals surface area contributed by atoms with Gasteiger partial charge in [-0.1, -0.05) is 13.8 Å². The summed E-state index contributed by atoms with van der Waals surface area (Å²) in [5.74, 6) is 0. The minimum atomic E-state index is -0.459. The maximum absolute atomic E-state index is 10.5. The van der Waals surface area contributed by atoms with E-state index in [1.165, 1.54) is 12.1 Å². The normalized spacial score (nSPS) is 10.0. The van der Waals surface area contributed by atoms with E-state index in [1.807, 2.05) is 26.0 Å². The van der Waals surface area contributed by atoms with E-state index < -0.39 is 4.92 Å².